The van der Waals surface area contributed by atoms with E-state index in [4.69, 9.17) is 4.74 Å². The van der Waals surface area contributed by atoms with Crippen molar-refractivity contribution < 1.29 is 14.3 Å². The number of nitrogens with zero attached hydrogens (tertiary/aromatic N) is 2. The number of piperazine rings is 1. The first-order valence-corrected chi connectivity index (χ1v) is 11.3. The van der Waals surface area contributed by atoms with Crippen LogP contribution in [0.15, 0.2) is 0 Å². The Morgan fingerprint density at radius 2 is 1.71 bits per heavy atom. The molecule has 0 aromatic rings. The molecule has 28 heavy (non-hydrogen) atoms. The first-order chi connectivity index (χ1) is 13.2. The Hall–Kier alpha value is -0.790. The second-order valence-electron chi connectivity index (χ2n) is 8.95. The lowest BCUT2D eigenvalue weighted by molar-refractivity contribution is -0.145. The van der Waals surface area contributed by atoms with Crippen molar-refractivity contribution in [1.29, 1.82) is 0 Å². The molecule has 2 aliphatic rings. The number of hydrogen-bond donors (Lipinski definition) is 2. The molecule has 0 aliphatic carbocycles. The van der Waals surface area contributed by atoms with E-state index in [0.717, 1.165) is 32.5 Å². The molecule has 2 aliphatic heterocycles. The summed E-state index contributed by atoms with van der Waals surface area (Å²) in [6, 6.07) is 0.320. The maximum Gasteiger partial charge on any atom is 0.235 e. The number of carbonyl (C=O) groups excluding carboxylic acids is 2. The normalized spacial score (nSPS) is 25.9. The Balaban J connectivity index is 1.92. The van der Waals surface area contributed by atoms with Gasteiger partial charge in [0.1, 0.15) is 0 Å². The molecule has 0 radical (unpaired) electrons. The summed E-state index contributed by atoms with van der Waals surface area (Å²) in [5.74, 6) is 1.03. The molecule has 162 valence electrons. The van der Waals surface area contributed by atoms with Gasteiger partial charge in [-0.2, -0.15) is 12.6 Å². The van der Waals surface area contributed by atoms with E-state index < -0.39 is 0 Å². The molecule has 0 aromatic carbocycles. The highest BCUT2D eigenvalue weighted by Gasteiger charge is 2.34. The van der Waals surface area contributed by atoms with E-state index in [9.17, 15) is 9.59 Å². The fourth-order valence-corrected chi connectivity index (χ4v) is 4.52. The zero-order valence-electron chi connectivity index (χ0n) is 18.2. The van der Waals surface area contributed by atoms with E-state index in [0.29, 0.717) is 25.7 Å². The molecule has 0 spiro atoms. The van der Waals surface area contributed by atoms with Crippen LogP contribution in [0.5, 0.6) is 0 Å². The zero-order valence-corrected chi connectivity index (χ0v) is 19.1. The smallest absolute Gasteiger partial charge is 0.235 e. The number of rotatable bonds is 7. The molecule has 6 nitrogen and oxygen atoms in total. The van der Waals surface area contributed by atoms with Crippen molar-refractivity contribution in [2.75, 3.05) is 39.4 Å². The summed E-state index contributed by atoms with van der Waals surface area (Å²) in [7, 11) is 0. The quantitative estimate of drug-likeness (QED) is 0.627. The summed E-state index contributed by atoms with van der Waals surface area (Å²) in [5.41, 5.74) is 0. The van der Waals surface area contributed by atoms with Gasteiger partial charge in [-0.25, -0.2) is 0 Å². The van der Waals surface area contributed by atoms with E-state index in [-0.39, 0.29) is 41.0 Å². The van der Waals surface area contributed by atoms with Crippen molar-refractivity contribution in [3.05, 3.63) is 0 Å². The number of thiol groups is 1. The topological polar surface area (TPSA) is 61.9 Å². The van der Waals surface area contributed by atoms with Gasteiger partial charge in [0.05, 0.1) is 24.5 Å². The first-order valence-electron chi connectivity index (χ1n) is 10.8. The van der Waals surface area contributed by atoms with Gasteiger partial charge in [0.2, 0.25) is 11.8 Å². The molecular formula is C21H39N3O3S. The van der Waals surface area contributed by atoms with Gasteiger partial charge in [0.25, 0.3) is 0 Å². The molecule has 2 heterocycles. The molecule has 1 N–H and O–H groups in total. The van der Waals surface area contributed by atoms with E-state index in [1.54, 1.807) is 0 Å². The Bertz CT molecular complexity index is 529. The highest BCUT2D eigenvalue weighted by Crippen LogP contribution is 2.25. The van der Waals surface area contributed by atoms with E-state index in [2.05, 4.69) is 38.7 Å². The number of amides is 2. The largest absolute Gasteiger partial charge is 0.377 e. The van der Waals surface area contributed by atoms with E-state index in [1.165, 1.54) is 0 Å². The summed E-state index contributed by atoms with van der Waals surface area (Å²) in [5, 5.41) is 3.10. The van der Waals surface area contributed by atoms with Gasteiger partial charge in [-0.1, -0.05) is 34.6 Å². The van der Waals surface area contributed by atoms with Gasteiger partial charge in [0, 0.05) is 38.1 Å². The van der Waals surface area contributed by atoms with Crippen LogP contribution in [-0.2, 0) is 14.3 Å². The first kappa shape index (κ1) is 23.5. The highest BCUT2D eigenvalue weighted by molar-refractivity contribution is 7.81. The van der Waals surface area contributed by atoms with Crippen LogP contribution in [0.2, 0.25) is 0 Å². The lowest BCUT2D eigenvalue weighted by Gasteiger charge is -2.41. The van der Waals surface area contributed by atoms with Crippen LogP contribution in [0.4, 0.5) is 0 Å². The van der Waals surface area contributed by atoms with Crippen LogP contribution < -0.4 is 5.32 Å². The monoisotopic (exact) mass is 413 g/mol. The zero-order chi connectivity index (χ0) is 20.8. The summed E-state index contributed by atoms with van der Waals surface area (Å²) in [4.78, 5) is 29.6. The average molecular weight is 414 g/mol. The van der Waals surface area contributed by atoms with Gasteiger partial charge in [-0.05, 0) is 24.7 Å². The van der Waals surface area contributed by atoms with Gasteiger partial charge in [0.15, 0.2) is 0 Å². The van der Waals surface area contributed by atoms with Crippen LogP contribution >= 0.6 is 12.6 Å². The van der Waals surface area contributed by atoms with Crippen molar-refractivity contribution in [2.45, 2.75) is 64.8 Å². The summed E-state index contributed by atoms with van der Waals surface area (Å²) < 4.78 is 5.66. The summed E-state index contributed by atoms with van der Waals surface area (Å²) >= 11 is 4.66. The molecule has 2 rings (SSSR count). The van der Waals surface area contributed by atoms with Gasteiger partial charge in [-0.3, -0.25) is 9.59 Å². The predicted octanol–water partition coefficient (Wildman–Crippen LogP) is 2.04. The number of nitrogens with one attached hydrogen (secondary N) is 1. The molecule has 4 atom stereocenters. The molecule has 2 amide bonds. The van der Waals surface area contributed by atoms with E-state index in [1.807, 2.05) is 23.6 Å². The third-order valence-electron chi connectivity index (χ3n) is 6.12. The maximum atomic E-state index is 13.0. The molecule has 3 unspecified atom stereocenters. The average Bonchev–Trinajstić information content (AvgIpc) is 2.70. The molecule has 0 saturated carbocycles. The number of ether oxygens (including phenoxy) is 1. The Labute approximate surface area is 176 Å². The van der Waals surface area contributed by atoms with Crippen molar-refractivity contribution in [3.8, 4) is 0 Å². The third-order valence-corrected chi connectivity index (χ3v) is 6.59. The second-order valence-corrected chi connectivity index (χ2v) is 9.57. The Morgan fingerprint density at radius 3 is 2.36 bits per heavy atom. The number of hydrogen-bond acceptors (Lipinski definition) is 5. The van der Waals surface area contributed by atoms with Gasteiger partial charge in [-0.15, -0.1) is 0 Å². The minimum absolute atomic E-state index is 0.00678. The van der Waals surface area contributed by atoms with Crippen molar-refractivity contribution >= 4 is 24.4 Å². The predicted molar refractivity (Wildman–Crippen MR) is 116 cm³/mol. The Kier molecular flexibility index (Phi) is 9.09. The number of morpholine rings is 1. The minimum atomic E-state index is -0.291. The molecule has 2 fully saturated rings. The fraction of sp³-hybridized carbons (Fsp3) is 0.905. The Morgan fingerprint density at radius 1 is 1.04 bits per heavy atom. The highest BCUT2D eigenvalue weighted by atomic mass is 32.1. The number of carbonyl (C=O) groups is 2. The van der Waals surface area contributed by atoms with Crippen LogP contribution in [-0.4, -0.2) is 78.3 Å². The molecule has 0 bridgehead atoms. The molecular weight excluding hydrogens is 374 g/mol. The van der Waals surface area contributed by atoms with Crippen molar-refractivity contribution in [2.24, 2.45) is 17.8 Å². The van der Waals surface area contributed by atoms with Gasteiger partial charge < -0.3 is 19.9 Å². The molecule has 2 saturated heterocycles. The van der Waals surface area contributed by atoms with Crippen molar-refractivity contribution in [3.63, 3.8) is 0 Å². The summed E-state index contributed by atoms with van der Waals surface area (Å²) in [6.45, 7) is 14.7. The van der Waals surface area contributed by atoms with Crippen LogP contribution in [0.1, 0.15) is 47.5 Å². The van der Waals surface area contributed by atoms with E-state index >= 15 is 0 Å². The SMILES string of the molecule is CC(C)C(=O)N1CCOCC1C(C)CCC(S)C(=O)N1CCNC[C@H]1C(C)C. The van der Waals surface area contributed by atoms with Crippen LogP contribution in [0.25, 0.3) is 0 Å². The van der Waals surface area contributed by atoms with Gasteiger partial charge >= 0.3 is 0 Å². The van der Waals surface area contributed by atoms with Crippen LogP contribution in [0, 0.1) is 17.8 Å². The summed E-state index contributed by atoms with van der Waals surface area (Å²) in [6.07, 6.45) is 1.58. The maximum absolute atomic E-state index is 13.0. The third kappa shape index (κ3) is 5.86. The lowest BCUT2D eigenvalue weighted by atomic mass is 9.92. The molecule has 7 heteroatoms. The lowest BCUT2D eigenvalue weighted by Crippen LogP contribution is -2.57. The fourth-order valence-electron chi connectivity index (χ4n) is 4.22. The molecule has 0 aromatic heterocycles. The second kappa shape index (κ2) is 10.8. The van der Waals surface area contributed by atoms with Crippen LogP contribution in [0.3, 0.4) is 0 Å². The van der Waals surface area contributed by atoms with Crippen molar-refractivity contribution in [1.82, 2.24) is 15.1 Å². The standard InChI is InChI=1S/C21H39N3O3S/c1-14(2)17-12-22-8-9-23(17)21(26)19(28)7-6-16(5)18-13-27-11-10-24(18)20(25)15(3)4/h14-19,22,28H,6-13H2,1-5H3/t16?,17-,18?,19?/m0/s1. The minimum Gasteiger partial charge on any atom is -0.377 e.